The number of nitrogens with two attached hydrogens (primary N) is 1. The maximum atomic E-state index is 10.3. The van der Waals surface area contributed by atoms with E-state index in [0.29, 0.717) is 11.2 Å². The van der Waals surface area contributed by atoms with Gasteiger partial charge in [0.25, 0.3) is 0 Å². The van der Waals surface area contributed by atoms with Gasteiger partial charge in [0, 0.05) is 28.4 Å². The van der Waals surface area contributed by atoms with Crippen LogP contribution in [0.25, 0.3) is 39.2 Å². The Labute approximate surface area is 184 Å². The number of phenols is 1. The second-order valence-electron chi connectivity index (χ2n) is 6.79. The van der Waals surface area contributed by atoms with Gasteiger partial charge >= 0.3 is 0 Å². The molecule has 5 nitrogen and oxygen atoms in total. The van der Waals surface area contributed by atoms with Crippen LogP contribution in [0, 0.1) is 0 Å². The van der Waals surface area contributed by atoms with Crippen LogP contribution >= 0.6 is 0 Å². The number of hydrogen-bond donors (Lipinski definition) is 2. The van der Waals surface area contributed by atoms with Crippen LogP contribution < -0.4 is 5.73 Å². The Bertz CT molecular complexity index is 1310. The predicted molar refractivity (Wildman–Crippen MR) is 126 cm³/mol. The smallest absolute Gasteiger partial charge is 0.187 e. The molecule has 0 bridgehead atoms. The zero-order valence-electron chi connectivity index (χ0n) is 15.5. The van der Waals surface area contributed by atoms with Crippen LogP contribution in [0.2, 0.25) is 0 Å². The fraction of sp³-hybridized carbons (Fsp3) is 0. The quantitative estimate of drug-likeness (QED) is 0.351. The summed E-state index contributed by atoms with van der Waals surface area (Å²) in [5, 5.41) is 11.1. The maximum Gasteiger partial charge on any atom is 0.187 e. The van der Waals surface area contributed by atoms with Gasteiger partial charge in [0.15, 0.2) is 17.4 Å². The second kappa shape index (κ2) is 8.04. The van der Waals surface area contributed by atoms with Gasteiger partial charge in [-0.3, -0.25) is 9.55 Å². The Morgan fingerprint density at radius 3 is 2.30 bits per heavy atom. The third-order valence-electron chi connectivity index (χ3n) is 4.97. The summed E-state index contributed by atoms with van der Waals surface area (Å²) >= 11 is 0. The molecule has 146 valence electrons. The van der Waals surface area contributed by atoms with Crippen molar-refractivity contribution in [2.24, 2.45) is 0 Å². The van der Waals surface area contributed by atoms with Crippen LogP contribution in [0.15, 0.2) is 91.3 Å². The molecule has 3 aromatic carbocycles. The molecular weight excluding hydrogens is 387 g/mol. The van der Waals surface area contributed by atoms with E-state index in [2.05, 4.69) is 21.7 Å². The number of rotatable bonds is 3. The largest absolute Gasteiger partial charge is 0.506 e. The Morgan fingerprint density at radius 2 is 1.53 bits per heavy atom. The summed E-state index contributed by atoms with van der Waals surface area (Å²) in [6, 6.07) is 25.2. The first-order chi connectivity index (χ1) is 14.2. The van der Waals surface area contributed by atoms with Crippen molar-refractivity contribution in [2.45, 2.75) is 0 Å². The van der Waals surface area contributed by atoms with Gasteiger partial charge < -0.3 is 10.8 Å². The monoisotopic (exact) mass is 408 g/mol. The molecule has 5 rings (SSSR count). The van der Waals surface area contributed by atoms with Crippen molar-refractivity contribution in [1.29, 1.82) is 0 Å². The molecular formula is C24H21AlN4O. The van der Waals surface area contributed by atoms with E-state index in [9.17, 15) is 5.11 Å². The number of aromatic nitrogens is 3. The molecule has 0 saturated carbocycles. The number of aromatic hydroxyl groups is 1. The van der Waals surface area contributed by atoms with Gasteiger partial charge in [-0.05, 0) is 48.5 Å². The molecule has 0 spiro atoms. The first-order valence-electron chi connectivity index (χ1n) is 9.28. The van der Waals surface area contributed by atoms with Gasteiger partial charge in [-0.25, -0.2) is 4.98 Å². The minimum Gasteiger partial charge on any atom is -0.506 e. The Hall–Kier alpha value is -3.59. The van der Waals surface area contributed by atoms with Crippen molar-refractivity contribution < 1.29 is 5.11 Å². The number of fused-ring (bicyclic) bond motifs is 1. The van der Waals surface area contributed by atoms with E-state index in [1.807, 2.05) is 66.9 Å². The first kappa shape index (κ1) is 19.7. The molecule has 0 saturated heterocycles. The number of nitrogens with zero attached hydrogens (tertiary/aromatic N) is 3. The second-order valence-corrected chi connectivity index (χ2v) is 6.79. The van der Waals surface area contributed by atoms with Crippen LogP contribution in [0.4, 0.5) is 5.69 Å². The van der Waals surface area contributed by atoms with Crippen LogP contribution in [0.5, 0.6) is 5.75 Å². The number of anilines is 1. The van der Waals surface area contributed by atoms with Gasteiger partial charge in [-0.2, -0.15) is 0 Å². The van der Waals surface area contributed by atoms with E-state index in [0.717, 1.165) is 33.7 Å². The summed E-state index contributed by atoms with van der Waals surface area (Å²) in [5.74, 6) is 0.944. The zero-order chi connectivity index (χ0) is 19.8. The van der Waals surface area contributed by atoms with Gasteiger partial charge in [-0.15, -0.1) is 0 Å². The molecule has 0 amide bonds. The van der Waals surface area contributed by atoms with E-state index in [4.69, 9.17) is 10.7 Å². The predicted octanol–water partition coefficient (Wildman–Crippen LogP) is 3.86. The van der Waals surface area contributed by atoms with Gasteiger partial charge in [0.05, 0.1) is 17.6 Å². The highest BCUT2D eigenvalue weighted by Gasteiger charge is 2.18. The van der Waals surface area contributed by atoms with Crippen molar-refractivity contribution in [2.75, 3.05) is 5.73 Å². The average molecular weight is 408 g/mol. The summed E-state index contributed by atoms with van der Waals surface area (Å²) in [6.45, 7) is 0. The van der Waals surface area contributed by atoms with Crippen molar-refractivity contribution in [3.05, 3.63) is 91.3 Å². The molecule has 0 atom stereocenters. The Balaban J connectivity index is 0.00000218. The molecule has 0 unspecified atom stereocenters. The third-order valence-corrected chi connectivity index (χ3v) is 4.97. The number of phenolic OH excluding ortho intramolecular Hbond substituents is 1. The van der Waals surface area contributed by atoms with Crippen molar-refractivity contribution in [3.8, 4) is 34.1 Å². The lowest BCUT2D eigenvalue weighted by Gasteiger charge is -2.15. The summed E-state index contributed by atoms with van der Waals surface area (Å²) in [6.07, 6.45) is 3.55. The molecule has 0 fully saturated rings. The van der Waals surface area contributed by atoms with Crippen LogP contribution in [-0.4, -0.2) is 37.0 Å². The molecule has 0 radical (unpaired) electrons. The van der Waals surface area contributed by atoms with Gasteiger partial charge in [-0.1, -0.05) is 30.3 Å². The van der Waals surface area contributed by atoms with Crippen molar-refractivity contribution in [1.82, 2.24) is 14.5 Å². The number of pyridine rings is 1. The summed E-state index contributed by atoms with van der Waals surface area (Å²) in [4.78, 5) is 9.10. The average Bonchev–Trinajstić information content (AvgIpc) is 3.20. The zero-order valence-corrected chi connectivity index (χ0v) is 15.5. The fourth-order valence-corrected chi connectivity index (χ4v) is 3.58. The van der Waals surface area contributed by atoms with E-state index < -0.39 is 0 Å². The lowest BCUT2D eigenvalue weighted by Crippen LogP contribution is -2.01. The number of benzene rings is 3. The summed E-state index contributed by atoms with van der Waals surface area (Å²) in [7, 11) is 0. The molecule has 0 aliphatic carbocycles. The van der Waals surface area contributed by atoms with Gasteiger partial charge in [0.1, 0.15) is 17.1 Å². The molecule has 0 aliphatic heterocycles. The van der Waals surface area contributed by atoms with E-state index in [-0.39, 0.29) is 23.1 Å². The van der Waals surface area contributed by atoms with Gasteiger partial charge in [0.2, 0.25) is 0 Å². The highest BCUT2D eigenvalue weighted by molar-refractivity contribution is 5.93. The summed E-state index contributed by atoms with van der Waals surface area (Å²) in [5.41, 5.74) is 11.0. The van der Waals surface area contributed by atoms with Crippen molar-refractivity contribution >= 4 is 34.0 Å². The standard InChI is InChI=1S/C24H18N4O.Al.3H/c25-18-10-8-17(9-11-18)24-27-15-21(16-5-2-1-3-6-16)28(24)20-12-13-22(29)23-19(20)7-4-14-26-23;;;;/h1-15,29H,25H2;;;;. The minimum atomic E-state index is 0. The number of imidazole rings is 1. The Morgan fingerprint density at radius 1 is 0.767 bits per heavy atom. The normalized spacial score (nSPS) is 10.7. The minimum absolute atomic E-state index is 0. The third kappa shape index (κ3) is 3.33. The van der Waals surface area contributed by atoms with Crippen molar-refractivity contribution in [3.63, 3.8) is 0 Å². The Kier molecular flexibility index (Phi) is 5.28. The lowest BCUT2D eigenvalue weighted by molar-refractivity contribution is 0.480. The number of nitrogen functional groups attached to an aromatic ring is 1. The SMILES string of the molecule is Nc1ccc(-c2ncc(-c3ccccc3)n2-c2ccc(O)c3ncccc23)cc1.[AlH3]. The molecule has 30 heavy (non-hydrogen) atoms. The lowest BCUT2D eigenvalue weighted by atomic mass is 10.1. The topological polar surface area (TPSA) is 77.0 Å². The maximum absolute atomic E-state index is 10.3. The highest BCUT2D eigenvalue weighted by Crippen LogP contribution is 2.35. The molecule has 2 aromatic heterocycles. The van der Waals surface area contributed by atoms with Crippen LogP contribution in [0.1, 0.15) is 0 Å². The number of hydrogen-bond acceptors (Lipinski definition) is 4. The van der Waals surface area contributed by atoms with E-state index in [1.54, 1.807) is 12.3 Å². The fourth-order valence-electron chi connectivity index (χ4n) is 3.58. The molecule has 6 heteroatoms. The van der Waals surface area contributed by atoms with Crippen LogP contribution in [0.3, 0.4) is 0 Å². The van der Waals surface area contributed by atoms with E-state index >= 15 is 0 Å². The molecule has 5 aromatic rings. The van der Waals surface area contributed by atoms with E-state index in [1.165, 1.54) is 0 Å². The first-order valence-corrected chi connectivity index (χ1v) is 9.28. The molecule has 2 heterocycles. The summed E-state index contributed by atoms with van der Waals surface area (Å²) < 4.78 is 2.10. The highest BCUT2D eigenvalue weighted by atomic mass is 27.0. The molecule has 0 aliphatic rings. The molecule has 3 N–H and O–H groups in total. The van der Waals surface area contributed by atoms with Crippen LogP contribution in [-0.2, 0) is 0 Å².